The number of carbonyl (C=O) groups is 3. The lowest BCUT2D eigenvalue weighted by Crippen LogP contribution is -2.49. The van der Waals surface area contributed by atoms with Crippen molar-refractivity contribution < 1.29 is 23.9 Å². The fourth-order valence-corrected chi connectivity index (χ4v) is 6.84. The molecule has 0 aliphatic heterocycles. The topological polar surface area (TPSA) is 69.7 Å². The minimum Gasteiger partial charge on any atom is -0.459 e. The zero-order valence-corrected chi connectivity index (χ0v) is 16.5. The first-order valence-corrected chi connectivity index (χ1v) is 10.4. The van der Waals surface area contributed by atoms with Gasteiger partial charge in [-0.25, -0.2) is 0 Å². The van der Waals surface area contributed by atoms with E-state index < -0.39 is 0 Å². The van der Waals surface area contributed by atoms with Crippen molar-refractivity contribution in [1.82, 2.24) is 0 Å². The van der Waals surface area contributed by atoms with Gasteiger partial charge in [0, 0.05) is 25.7 Å². The van der Waals surface area contributed by atoms with Gasteiger partial charge < -0.3 is 9.47 Å². The van der Waals surface area contributed by atoms with Crippen LogP contribution in [0.5, 0.6) is 0 Å². The minimum absolute atomic E-state index is 0.140. The molecule has 5 heteroatoms. The van der Waals surface area contributed by atoms with E-state index in [1.807, 2.05) is 6.08 Å². The van der Waals surface area contributed by atoms with Crippen LogP contribution in [0.1, 0.15) is 65.7 Å². The van der Waals surface area contributed by atoms with Gasteiger partial charge in [0.2, 0.25) is 0 Å². The quantitative estimate of drug-likeness (QED) is 0.691. The van der Waals surface area contributed by atoms with Crippen LogP contribution in [0.15, 0.2) is 11.6 Å². The summed E-state index contributed by atoms with van der Waals surface area (Å²) < 4.78 is 11.3. The molecule has 0 aromatic rings. The predicted molar refractivity (Wildman–Crippen MR) is 98.6 cm³/mol. The Morgan fingerprint density at radius 1 is 1.04 bits per heavy atom. The number of allylic oxidation sites excluding steroid dienone is 1. The van der Waals surface area contributed by atoms with Gasteiger partial charge in [-0.05, 0) is 68.3 Å². The summed E-state index contributed by atoms with van der Waals surface area (Å²) in [6.07, 6.45) is 7.81. The molecule has 148 valence electrons. The number of hydrogen-bond acceptors (Lipinski definition) is 5. The molecule has 4 aliphatic carbocycles. The third kappa shape index (κ3) is 3.13. The van der Waals surface area contributed by atoms with Gasteiger partial charge in [0.25, 0.3) is 0 Å². The molecular formula is C22H30O5. The summed E-state index contributed by atoms with van der Waals surface area (Å²) in [4.78, 5) is 35.2. The number of hydrogen-bond donors (Lipinski definition) is 0. The van der Waals surface area contributed by atoms with Crippen molar-refractivity contribution in [2.75, 3.05) is 0 Å². The highest BCUT2D eigenvalue weighted by molar-refractivity contribution is 5.91. The maximum absolute atomic E-state index is 11.8. The van der Waals surface area contributed by atoms with Crippen LogP contribution in [0.3, 0.4) is 0 Å². The van der Waals surface area contributed by atoms with Gasteiger partial charge in [0.05, 0.1) is 0 Å². The molecule has 0 heterocycles. The second-order valence-corrected chi connectivity index (χ2v) is 9.26. The Kier molecular flexibility index (Phi) is 4.68. The molecular weight excluding hydrogens is 344 g/mol. The van der Waals surface area contributed by atoms with Gasteiger partial charge in [-0.15, -0.1) is 0 Å². The first-order valence-electron chi connectivity index (χ1n) is 10.4. The highest BCUT2D eigenvalue weighted by atomic mass is 16.6. The lowest BCUT2D eigenvalue weighted by molar-refractivity contribution is -0.172. The van der Waals surface area contributed by atoms with Gasteiger partial charge in [-0.2, -0.15) is 0 Å². The molecule has 3 fully saturated rings. The van der Waals surface area contributed by atoms with Crippen LogP contribution in [0.4, 0.5) is 0 Å². The van der Waals surface area contributed by atoms with E-state index >= 15 is 0 Å². The van der Waals surface area contributed by atoms with Crippen molar-refractivity contribution in [2.45, 2.75) is 77.9 Å². The Hall–Kier alpha value is -1.65. The predicted octanol–water partition coefficient (Wildman–Crippen LogP) is 3.60. The van der Waals surface area contributed by atoms with E-state index in [2.05, 4.69) is 6.92 Å². The Morgan fingerprint density at radius 3 is 2.48 bits per heavy atom. The molecule has 4 aliphatic rings. The van der Waals surface area contributed by atoms with Gasteiger partial charge in [0.15, 0.2) is 5.78 Å². The first-order chi connectivity index (χ1) is 12.8. The largest absolute Gasteiger partial charge is 0.459 e. The third-order valence-electron chi connectivity index (χ3n) is 7.82. The number of carbonyl (C=O) groups excluding carboxylic acids is 3. The molecule has 0 spiro atoms. The smallest absolute Gasteiger partial charge is 0.303 e. The van der Waals surface area contributed by atoms with E-state index in [9.17, 15) is 14.4 Å². The minimum atomic E-state index is -0.352. The molecule has 0 radical (unpaired) electrons. The maximum atomic E-state index is 11.8. The second kappa shape index (κ2) is 6.75. The zero-order chi connectivity index (χ0) is 19.3. The van der Waals surface area contributed by atoms with Crippen molar-refractivity contribution in [2.24, 2.45) is 29.1 Å². The van der Waals surface area contributed by atoms with Crippen molar-refractivity contribution in [3.8, 4) is 0 Å². The summed E-state index contributed by atoms with van der Waals surface area (Å²) in [5.41, 5.74) is 1.22. The maximum Gasteiger partial charge on any atom is 0.303 e. The SMILES string of the molecule is CC(=O)O[C@H]1C[C@H]2[C@@H]3CCC4=CC(=O)CC[C@@H]4[C@H]3CC[C@]2(C)[C@H]1OC(C)=O. The molecule has 0 N–H and O–H groups in total. The van der Waals surface area contributed by atoms with Gasteiger partial charge in [-0.3, -0.25) is 14.4 Å². The van der Waals surface area contributed by atoms with E-state index in [1.54, 1.807) is 0 Å². The van der Waals surface area contributed by atoms with Gasteiger partial charge >= 0.3 is 11.9 Å². The standard InChI is InChI=1S/C22H30O5/c1-12(23)26-20-11-19-18-6-4-14-10-15(25)5-7-16(14)17(18)8-9-22(19,3)21(20)27-13(2)24/h10,16-21H,4-9,11H2,1-3H3/t16-,17+,18+,19-,20-,21-,22-/m0/s1. The lowest BCUT2D eigenvalue weighted by Gasteiger charge is -2.53. The summed E-state index contributed by atoms with van der Waals surface area (Å²) in [7, 11) is 0. The number of ketones is 1. The van der Waals surface area contributed by atoms with Gasteiger partial charge in [-0.1, -0.05) is 12.5 Å². The van der Waals surface area contributed by atoms with E-state index in [-0.39, 0.29) is 35.3 Å². The summed E-state index contributed by atoms with van der Waals surface area (Å²) in [5.74, 6) is 1.75. The lowest BCUT2D eigenvalue weighted by atomic mass is 9.52. The molecule has 7 atom stereocenters. The Labute approximate surface area is 160 Å². The van der Waals surface area contributed by atoms with E-state index in [0.29, 0.717) is 30.1 Å². The van der Waals surface area contributed by atoms with Crippen LogP contribution in [0.2, 0.25) is 0 Å². The second-order valence-electron chi connectivity index (χ2n) is 9.26. The van der Waals surface area contributed by atoms with Crippen molar-refractivity contribution in [3.63, 3.8) is 0 Å². The number of rotatable bonds is 2. The molecule has 0 saturated heterocycles. The molecule has 0 aromatic carbocycles. The summed E-state index contributed by atoms with van der Waals surface area (Å²) in [5, 5.41) is 0. The van der Waals surface area contributed by atoms with E-state index in [1.165, 1.54) is 19.4 Å². The molecule has 0 amide bonds. The summed E-state index contributed by atoms with van der Waals surface area (Å²) in [6.45, 7) is 5.08. The average molecular weight is 374 g/mol. The molecule has 5 nitrogen and oxygen atoms in total. The number of ether oxygens (including phenoxy) is 2. The van der Waals surface area contributed by atoms with E-state index in [0.717, 1.165) is 38.5 Å². The molecule has 4 rings (SSSR count). The van der Waals surface area contributed by atoms with Gasteiger partial charge in [0.1, 0.15) is 12.2 Å². The first kappa shape index (κ1) is 18.7. The monoisotopic (exact) mass is 374 g/mol. The molecule has 3 saturated carbocycles. The average Bonchev–Trinajstić information content (AvgIpc) is 2.85. The zero-order valence-electron chi connectivity index (χ0n) is 16.5. The van der Waals surface area contributed by atoms with Crippen LogP contribution >= 0.6 is 0 Å². The fraction of sp³-hybridized carbons (Fsp3) is 0.773. The molecule has 27 heavy (non-hydrogen) atoms. The number of fused-ring (bicyclic) bond motifs is 5. The Morgan fingerprint density at radius 2 is 1.78 bits per heavy atom. The highest BCUT2D eigenvalue weighted by Gasteiger charge is 2.61. The highest BCUT2D eigenvalue weighted by Crippen LogP contribution is 2.62. The fourth-order valence-electron chi connectivity index (χ4n) is 6.84. The van der Waals surface area contributed by atoms with Crippen LogP contribution in [-0.4, -0.2) is 29.9 Å². The van der Waals surface area contributed by atoms with Crippen LogP contribution in [0, 0.1) is 29.1 Å². The molecule has 0 bridgehead atoms. The third-order valence-corrected chi connectivity index (χ3v) is 7.82. The van der Waals surface area contributed by atoms with Crippen LogP contribution < -0.4 is 0 Å². The van der Waals surface area contributed by atoms with Crippen molar-refractivity contribution in [3.05, 3.63) is 11.6 Å². The summed E-state index contributed by atoms with van der Waals surface area (Å²) in [6, 6.07) is 0. The molecule has 0 aromatic heterocycles. The van der Waals surface area contributed by atoms with Crippen LogP contribution in [0.25, 0.3) is 0 Å². The molecule has 0 unspecified atom stereocenters. The summed E-state index contributed by atoms with van der Waals surface area (Å²) >= 11 is 0. The Bertz CT molecular complexity index is 695. The van der Waals surface area contributed by atoms with E-state index in [4.69, 9.17) is 9.47 Å². The normalized spacial score (nSPS) is 43.1. The van der Waals surface area contributed by atoms with Crippen molar-refractivity contribution in [1.29, 1.82) is 0 Å². The number of esters is 2. The van der Waals surface area contributed by atoms with Crippen LogP contribution in [-0.2, 0) is 23.9 Å². The Balaban J connectivity index is 1.62. The van der Waals surface area contributed by atoms with Crippen molar-refractivity contribution >= 4 is 17.7 Å².